The van der Waals surface area contributed by atoms with E-state index in [0.29, 0.717) is 24.7 Å². The molecule has 0 radical (unpaired) electrons. The fourth-order valence-electron chi connectivity index (χ4n) is 3.00. The van der Waals surface area contributed by atoms with Gasteiger partial charge in [-0.25, -0.2) is 5.10 Å². The van der Waals surface area contributed by atoms with Crippen LogP contribution in [0.4, 0.5) is 5.82 Å². The van der Waals surface area contributed by atoms with Gasteiger partial charge >= 0.3 is 0 Å². The van der Waals surface area contributed by atoms with Crippen LogP contribution >= 0.6 is 15.9 Å². The number of anilines is 1. The highest BCUT2D eigenvalue weighted by Crippen LogP contribution is 2.27. The predicted molar refractivity (Wildman–Crippen MR) is 117 cm³/mol. The van der Waals surface area contributed by atoms with Gasteiger partial charge in [0, 0.05) is 23.1 Å². The molecular weight excluding hydrogens is 446 g/mol. The molecule has 0 spiro atoms. The van der Waals surface area contributed by atoms with Crippen LogP contribution in [-0.4, -0.2) is 37.4 Å². The van der Waals surface area contributed by atoms with Gasteiger partial charge in [-0.05, 0) is 53.2 Å². The standard InChI is InChI=1S/C21H20BrN7O/c1-2-29(20-11-9-18(23-24-20)21-25-27-28-26-21)13-16-12-17(22)8-10-19(16)30-14-15-6-4-3-5-7-15/h3-12H,2,13-14H2,1H3,(H,25,26,27,28). The van der Waals surface area contributed by atoms with E-state index >= 15 is 0 Å². The Hall–Kier alpha value is -3.33. The molecule has 0 fully saturated rings. The lowest BCUT2D eigenvalue weighted by molar-refractivity contribution is 0.302. The van der Waals surface area contributed by atoms with Gasteiger partial charge < -0.3 is 9.64 Å². The molecule has 2 aromatic heterocycles. The molecule has 152 valence electrons. The Balaban J connectivity index is 1.52. The van der Waals surface area contributed by atoms with Crippen LogP contribution < -0.4 is 9.64 Å². The lowest BCUT2D eigenvalue weighted by atomic mass is 10.1. The smallest absolute Gasteiger partial charge is 0.199 e. The quantitative estimate of drug-likeness (QED) is 0.419. The maximum Gasteiger partial charge on any atom is 0.199 e. The summed E-state index contributed by atoms with van der Waals surface area (Å²) >= 11 is 3.57. The molecule has 9 heteroatoms. The number of nitrogens with one attached hydrogen (secondary N) is 1. The molecule has 1 N–H and O–H groups in total. The summed E-state index contributed by atoms with van der Waals surface area (Å²) in [5.41, 5.74) is 2.78. The zero-order valence-electron chi connectivity index (χ0n) is 16.4. The third-order valence-corrected chi connectivity index (χ3v) is 5.06. The van der Waals surface area contributed by atoms with Crippen molar-refractivity contribution in [3.05, 3.63) is 76.3 Å². The first kappa shape index (κ1) is 20.0. The van der Waals surface area contributed by atoms with E-state index in [4.69, 9.17) is 4.74 Å². The van der Waals surface area contributed by atoms with E-state index in [-0.39, 0.29) is 0 Å². The minimum Gasteiger partial charge on any atom is -0.489 e. The van der Waals surface area contributed by atoms with Crippen LogP contribution in [-0.2, 0) is 13.2 Å². The van der Waals surface area contributed by atoms with Gasteiger partial charge in [0.15, 0.2) is 11.6 Å². The fourth-order valence-corrected chi connectivity index (χ4v) is 3.40. The number of H-pyrrole nitrogens is 1. The van der Waals surface area contributed by atoms with Gasteiger partial charge in [0.2, 0.25) is 0 Å². The zero-order chi connectivity index (χ0) is 20.8. The Kier molecular flexibility index (Phi) is 6.29. The number of aromatic nitrogens is 6. The van der Waals surface area contributed by atoms with Crippen LogP contribution in [0, 0.1) is 0 Å². The SMILES string of the molecule is CCN(Cc1cc(Br)ccc1OCc1ccccc1)c1ccc(-c2nnn[nH]2)nn1. The van der Waals surface area contributed by atoms with Crippen LogP contribution in [0.15, 0.2) is 65.1 Å². The number of benzene rings is 2. The molecule has 2 aromatic carbocycles. The molecular formula is C21H20BrN7O. The van der Waals surface area contributed by atoms with Crippen molar-refractivity contribution in [3.8, 4) is 17.3 Å². The first-order chi connectivity index (χ1) is 14.7. The lowest BCUT2D eigenvalue weighted by Gasteiger charge is -2.23. The van der Waals surface area contributed by atoms with Gasteiger partial charge in [0.25, 0.3) is 0 Å². The molecule has 0 amide bonds. The van der Waals surface area contributed by atoms with Crippen molar-refractivity contribution >= 4 is 21.7 Å². The van der Waals surface area contributed by atoms with Crippen molar-refractivity contribution in [1.29, 1.82) is 0 Å². The van der Waals surface area contributed by atoms with Gasteiger partial charge in [-0.15, -0.1) is 15.3 Å². The second-order valence-electron chi connectivity index (χ2n) is 6.57. The number of halogens is 1. The average Bonchev–Trinajstić information content (AvgIpc) is 3.33. The summed E-state index contributed by atoms with van der Waals surface area (Å²) < 4.78 is 7.12. The van der Waals surface area contributed by atoms with E-state index < -0.39 is 0 Å². The molecule has 0 unspecified atom stereocenters. The molecule has 0 bridgehead atoms. The molecule has 0 saturated heterocycles. The van der Waals surface area contributed by atoms with E-state index in [0.717, 1.165) is 33.7 Å². The van der Waals surface area contributed by atoms with Crippen molar-refractivity contribution in [2.75, 3.05) is 11.4 Å². The third-order valence-electron chi connectivity index (χ3n) is 4.57. The Labute approximate surface area is 182 Å². The second-order valence-corrected chi connectivity index (χ2v) is 7.48. The first-order valence-electron chi connectivity index (χ1n) is 9.51. The molecule has 30 heavy (non-hydrogen) atoms. The summed E-state index contributed by atoms with van der Waals surface area (Å²) in [6.07, 6.45) is 0. The summed E-state index contributed by atoms with van der Waals surface area (Å²) in [6.45, 7) is 4.00. The predicted octanol–water partition coefficient (Wildman–Crippen LogP) is 4.02. The Morgan fingerprint density at radius 3 is 2.57 bits per heavy atom. The highest BCUT2D eigenvalue weighted by atomic mass is 79.9. The molecule has 0 aliphatic heterocycles. The fraction of sp³-hybridized carbons (Fsp3) is 0.190. The number of ether oxygens (including phenoxy) is 1. The van der Waals surface area contributed by atoms with Gasteiger partial charge in [0.1, 0.15) is 18.1 Å². The number of rotatable bonds is 8. The largest absolute Gasteiger partial charge is 0.489 e. The number of nitrogens with zero attached hydrogens (tertiary/aromatic N) is 6. The first-order valence-corrected chi connectivity index (χ1v) is 10.3. The van der Waals surface area contributed by atoms with Crippen LogP contribution in [0.3, 0.4) is 0 Å². The monoisotopic (exact) mass is 465 g/mol. The summed E-state index contributed by atoms with van der Waals surface area (Å²) in [6, 6.07) is 19.9. The van der Waals surface area contributed by atoms with Gasteiger partial charge in [0.05, 0.1) is 0 Å². The van der Waals surface area contributed by atoms with Gasteiger partial charge in [-0.1, -0.05) is 46.3 Å². The highest BCUT2D eigenvalue weighted by Gasteiger charge is 2.13. The van der Waals surface area contributed by atoms with E-state index in [2.05, 4.69) is 76.8 Å². The molecule has 4 aromatic rings. The summed E-state index contributed by atoms with van der Waals surface area (Å²) in [7, 11) is 0. The topological polar surface area (TPSA) is 92.7 Å². The third kappa shape index (κ3) is 4.80. The van der Waals surface area contributed by atoms with E-state index in [1.165, 1.54) is 0 Å². The Morgan fingerprint density at radius 1 is 1.00 bits per heavy atom. The normalized spacial score (nSPS) is 10.7. The molecule has 0 atom stereocenters. The molecule has 0 aliphatic carbocycles. The maximum absolute atomic E-state index is 6.12. The van der Waals surface area contributed by atoms with Crippen molar-refractivity contribution in [2.24, 2.45) is 0 Å². The van der Waals surface area contributed by atoms with Crippen molar-refractivity contribution in [1.82, 2.24) is 30.8 Å². The van der Waals surface area contributed by atoms with Crippen molar-refractivity contribution in [2.45, 2.75) is 20.1 Å². The average molecular weight is 466 g/mol. The highest BCUT2D eigenvalue weighted by molar-refractivity contribution is 9.10. The molecule has 8 nitrogen and oxygen atoms in total. The number of aromatic amines is 1. The maximum atomic E-state index is 6.12. The van der Waals surface area contributed by atoms with E-state index in [1.54, 1.807) is 0 Å². The van der Waals surface area contributed by atoms with E-state index in [1.807, 2.05) is 42.5 Å². The second kappa shape index (κ2) is 9.45. The minimum atomic E-state index is 0.487. The number of hydrogen-bond donors (Lipinski definition) is 1. The zero-order valence-corrected chi connectivity index (χ0v) is 18.0. The van der Waals surface area contributed by atoms with Gasteiger partial charge in [-0.3, -0.25) is 0 Å². The van der Waals surface area contributed by atoms with Crippen molar-refractivity contribution < 1.29 is 4.74 Å². The van der Waals surface area contributed by atoms with Crippen LogP contribution in [0.2, 0.25) is 0 Å². The molecule has 0 saturated carbocycles. The summed E-state index contributed by atoms with van der Waals surface area (Å²) in [5.74, 6) is 2.10. The number of hydrogen-bond acceptors (Lipinski definition) is 7. The lowest BCUT2D eigenvalue weighted by Crippen LogP contribution is -2.23. The molecule has 4 rings (SSSR count). The van der Waals surface area contributed by atoms with E-state index in [9.17, 15) is 0 Å². The van der Waals surface area contributed by atoms with Crippen LogP contribution in [0.25, 0.3) is 11.5 Å². The summed E-state index contributed by atoms with van der Waals surface area (Å²) in [5, 5.41) is 22.3. The summed E-state index contributed by atoms with van der Waals surface area (Å²) in [4.78, 5) is 2.13. The van der Waals surface area contributed by atoms with Crippen LogP contribution in [0.1, 0.15) is 18.1 Å². The minimum absolute atomic E-state index is 0.487. The van der Waals surface area contributed by atoms with Gasteiger partial charge in [-0.2, -0.15) is 0 Å². The molecule has 0 aliphatic rings. The van der Waals surface area contributed by atoms with Crippen LogP contribution in [0.5, 0.6) is 5.75 Å². The number of tetrazole rings is 1. The molecule has 2 heterocycles. The van der Waals surface area contributed by atoms with Crippen molar-refractivity contribution in [3.63, 3.8) is 0 Å². The Morgan fingerprint density at radius 2 is 1.87 bits per heavy atom. The Bertz CT molecular complexity index is 1070.